The van der Waals surface area contributed by atoms with E-state index in [2.05, 4.69) is 42.3 Å². The van der Waals surface area contributed by atoms with Crippen LogP contribution in [0.25, 0.3) is 31.7 Å². The third kappa shape index (κ3) is 4.04. The Labute approximate surface area is 199 Å². The number of rotatable bonds is 5. The first-order valence-corrected chi connectivity index (χ1v) is 11.5. The van der Waals surface area contributed by atoms with Crippen molar-refractivity contribution in [3.8, 4) is 17.0 Å². The number of amides is 1. The summed E-state index contributed by atoms with van der Waals surface area (Å²) in [6.07, 6.45) is 1.42. The molecule has 170 valence electrons. The quantitative estimate of drug-likeness (QED) is 0.393. The van der Waals surface area contributed by atoms with Crippen LogP contribution in [0.3, 0.4) is 0 Å². The van der Waals surface area contributed by atoms with Gasteiger partial charge in [-0.2, -0.15) is 0 Å². The molecule has 7 nitrogen and oxygen atoms in total. The average Bonchev–Trinajstić information content (AvgIpc) is 3.21. The van der Waals surface area contributed by atoms with Gasteiger partial charge in [-0.15, -0.1) is 11.3 Å². The average molecular weight is 471 g/mol. The van der Waals surface area contributed by atoms with Crippen LogP contribution in [0.4, 0.5) is 5.69 Å². The summed E-state index contributed by atoms with van der Waals surface area (Å²) < 4.78 is 6.98. The number of nitrogens with one attached hydrogen (secondary N) is 1. The normalized spacial score (nSPS) is 11.1. The fourth-order valence-corrected chi connectivity index (χ4v) is 4.86. The molecule has 5 rings (SSSR count). The standard InChI is InChI=1S/C26H22N4O3S/c1-15-7-8-17(11-16(15)2)21-10-9-20-23-24(34-25(20)29-21)26(32)30(14-27-23)13-22(31)28-18-5-4-6-19(12-18)33-3/h4-12,14H,13H2,1-3H3,(H,28,31). The second kappa shape index (κ2) is 8.72. The number of anilines is 1. The van der Waals surface area contributed by atoms with Crippen LogP contribution >= 0.6 is 11.3 Å². The van der Waals surface area contributed by atoms with Gasteiger partial charge >= 0.3 is 0 Å². The minimum Gasteiger partial charge on any atom is -0.497 e. The van der Waals surface area contributed by atoms with Gasteiger partial charge in [0, 0.05) is 22.7 Å². The van der Waals surface area contributed by atoms with E-state index in [9.17, 15) is 9.59 Å². The lowest BCUT2D eigenvalue weighted by Crippen LogP contribution is -2.27. The summed E-state index contributed by atoms with van der Waals surface area (Å²) in [5.74, 6) is 0.309. The number of fused-ring (bicyclic) bond motifs is 3. The second-order valence-electron chi connectivity index (χ2n) is 8.09. The minimum absolute atomic E-state index is 0.144. The highest BCUT2D eigenvalue weighted by Crippen LogP contribution is 2.31. The molecule has 0 bridgehead atoms. The van der Waals surface area contributed by atoms with Crippen molar-refractivity contribution in [1.29, 1.82) is 0 Å². The molecule has 0 spiro atoms. The van der Waals surface area contributed by atoms with Crippen LogP contribution in [-0.4, -0.2) is 27.6 Å². The second-order valence-corrected chi connectivity index (χ2v) is 9.08. The molecule has 34 heavy (non-hydrogen) atoms. The first-order valence-electron chi connectivity index (χ1n) is 10.7. The number of carbonyl (C=O) groups excluding carboxylic acids is 1. The van der Waals surface area contributed by atoms with Crippen LogP contribution in [0, 0.1) is 13.8 Å². The first kappa shape index (κ1) is 21.8. The maximum atomic E-state index is 13.1. The lowest BCUT2D eigenvalue weighted by molar-refractivity contribution is -0.116. The molecule has 0 atom stereocenters. The van der Waals surface area contributed by atoms with E-state index >= 15 is 0 Å². The van der Waals surface area contributed by atoms with Gasteiger partial charge < -0.3 is 10.1 Å². The fourth-order valence-electron chi connectivity index (χ4n) is 3.78. The topological polar surface area (TPSA) is 86.1 Å². The highest BCUT2D eigenvalue weighted by atomic mass is 32.1. The van der Waals surface area contributed by atoms with Crippen molar-refractivity contribution >= 4 is 43.4 Å². The van der Waals surface area contributed by atoms with Crippen molar-refractivity contribution in [2.75, 3.05) is 12.4 Å². The van der Waals surface area contributed by atoms with Crippen molar-refractivity contribution in [3.05, 3.63) is 82.4 Å². The molecule has 0 saturated heterocycles. The molecule has 3 heterocycles. The molecule has 1 amide bonds. The van der Waals surface area contributed by atoms with Crippen LogP contribution < -0.4 is 15.6 Å². The lowest BCUT2D eigenvalue weighted by atomic mass is 10.0. The van der Waals surface area contributed by atoms with Gasteiger partial charge in [-0.3, -0.25) is 14.2 Å². The molecule has 2 aromatic carbocycles. The van der Waals surface area contributed by atoms with Crippen LogP contribution in [0.2, 0.25) is 0 Å². The number of aryl methyl sites for hydroxylation is 2. The summed E-state index contributed by atoms with van der Waals surface area (Å²) in [5.41, 5.74) is 5.24. The molecule has 8 heteroatoms. The number of ether oxygens (including phenoxy) is 1. The number of aromatic nitrogens is 3. The third-order valence-corrected chi connectivity index (χ3v) is 6.86. The van der Waals surface area contributed by atoms with Crippen molar-refractivity contribution in [1.82, 2.24) is 14.5 Å². The molecule has 1 N–H and O–H groups in total. The number of thiophene rings is 1. The largest absolute Gasteiger partial charge is 0.497 e. The SMILES string of the molecule is COc1cccc(NC(=O)Cn2cnc3c(sc4nc(-c5ccc(C)c(C)c5)ccc43)c2=O)c1. The zero-order chi connectivity index (χ0) is 23.8. The molecule has 0 radical (unpaired) electrons. The van der Waals surface area contributed by atoms with Gasteiger partial charge in [0.1, 0.15) is 21.8 Å². The minimum atomic E-state index is -0.326. The van der Waals surface area contributed by atoms with Crippen LogP contribution in [0.15, 0.2) is 65.7 Å². The Morgan fingerprint density at radius 3 is 2.74 bits per heavy atom. The van der Waals surface area contributed by atoms with Crippen molar-refractivity contribution in [3.63, 3.8) is 0 Å². The maximum Gasteiger partial charge on any atom is 0.271 e. The monoisotopic (exact) mass is 470 g/mol. The highest BCUT2D eigenvalue weighted by molar-refractivity contribution is 7.25. The summed E-state index contributed by atoms with van der Waals surface area (Å²) in [7, 11) is 1.56. The van der Waals surface area contributed by atoms with E-state index in [1.165, 1.54) is 33.4 Å². The summed E-state index contributed by atoms with van der Waals surface area (Å²) in [6.45, 7) is 4.01. The molecule has 0 fully saturated rings. The Kier molecular flexibility index (Phi) is 5.59. The van der Waals surface area contributed by atoms with Gasteiger partial charge in [0.25, 0.3) is 5.56 Å². The summed E-state index contributed by atoms with van der Waals surface area (Å²) in [6, 6.07) is 17.2. The van der Waals surface area contributed by atoms with Gasteiger partial charge in [-0.05, 0) is 55.3 Å². The van der Waals surface area contributed by atoms with Gasteiger partial charge in [0.2, 0.25) is 5.91 Å². The van der Waals surface area contributed by atoms with E-state index in [-0.39, 0.29) is 18.0 Å². The van der Waals surface area contributed by atoms with E-state index in [1.54, 1.807) is 31.4 Å². The van der Waals surface area contributed by atoms with E-state index in [4.69, 9.17) is 9.72 Å². The molecule has 0 aliphatic rings. The highest BCUT2D eigenvalue weighted by Gasteiger charge is 2.15. The van der Waals surface area contributed by atoms with E-state index in [1.807, 2.05) is 12.1 Å². The number of hydrogen-bond acceptors (Lipinski definition) is 6. The predicted molar refractivity (Wildman–Crippen MR) is 136 cm³/mol. The Hall–Kier alpha value is -4.04. The van der Waals surface area contributed by atoms with Crippen molar-refractivity contribution < 1.29 is 9.53 Å². The number of methoxy groups -OCH3 is 1. The van der Waals surface area contributed by atoms with E-state index in [0.29, 0.717) is 21.7 Å². The number of nitrogens with zero attached hydrogens (tertiary/aromatic N) is 3. The number of carbonyl (C=O) groups is 1. The molecule has 0 aliphatic carbocycles. The van der Waals surface area contributed by atoms with Crippen molar-refractivity contribution in [2.24, 2.45) is 0 Å². The Balaban J connectivity index is 1.46. The molecule has 0 aliphatic heterocycles. The third-order valence-electron chi connectivity index (χ3n) is 5.78. The Bertz CT molecular complexity index is 1620. The van der Waals surface area contributed by atoms with Crippen LogP contribution in [0.1, 0.15) is 11.1 Å². The zero-order valence-corrected chi connectivity index (χ0v) is 19.8. The van der Waals surface area contributed by atoms with Gasteiger partial charge in [0.05, 0.1) is 24.6 Å². The first-order chi connectivity index (χ1) is 16.4. The van der Waals surface area contributed by atoms with Gasteiger partial charge in [-0.1, -0.05) is 18.2 Å². The fraction of sp³-hybridized carbons (Fsp3) is 0.154. The molecular weight excluding hydrogens is 448 g/mol. The molecule has 5 aromatic rings. The van der Waals surface area contributed by atoms with E-state index in [0.717, 1.165) is 21.5 Å². The van der Waals surface area contributed by atoms with E-state index < -0.39 is 0 Å². The Morgan fingerprint density at radius 1 is 1.09 bits per heavy atom. The number of hydrogen-bond donors (Lipinski definition) is 1. The molecule has 0 unspecified atom stereocenters. The molecule has 3 aromatic heterocycles. The van der Waals surface area contributed by atoms with Gasteiger partial charge in [-0.25, -0.2) is 9.97 Å². The maximum absolute atomic E-state index is 13.1. The summed E-state index contributed by atoms with van der Waals surface area (Å²) in [4.78, 5) is 35.7. The van der Waals surface area contributed by atoms with Gasteiger partial charge in [0.15, 0.2) is 0 Å². The predicted octanol–water partition coefficient (Wildman–Crippen LogP) is 4.94. The molecule has 0 saturated carbocycles. The van der Waals surface area contributed by atoms with Crippen LogP contribution in [-0.2, 0) is 11.3 Å². The Morgan fingerprint density at radius 2 is 1.94 bits per heavy atom. The number of pyridine rings is 1. The van der Waals surface area contributed by atoms with Crippen LogP contribution in [0.5, 0.6) is 5.75 Å². The molecular formula is C26H22N4O3S. The van der Waals surface area contributed by atoms with Crippen molar-refractivity contribution in [2.45, 2.75) is 20.4 Å². The number of benzene rings is 2. The summed E-state index contributed by atoms with van der Waals surface area (Å²) in [5, 5.41) is 3.62. The summed E-state index contributed by atoms with van der Waals surface area (Å²) >= 11 is 1.30. The smallest absolute Gasteiger partial charge is 0.271 e. The lowest BCUT2D eigenvalue weighted by Gasteiger charge is -2.08. The zero-order valence-electron chi connectivity index (χ0n) is 19.0.